The Kier molecular flexibility index (Phi) is 7.98. The summed E-state index contributed by atoms with van der Waals surface area (Å²) >= 11 is 1.45. The second-order valence-electron chi connectivity index (χ2n) is 6.89. The number of nitrogens with one attached hydrogen (secondary N) is 1. The van der Waals surface area contributed by atoms with Crippen LogP contribution in [-0.2, 0) is 10.6 Å². The molecule has 1 aliphatic rings. The Morgan fingerprint density at radius 2 is 1.97 bits per heavy atom. The summed E-state index contributed by atoms with van der Waals surface area (Å²) in [5, 5.41) is 6.89. The van der Waals surface area contributed by atoms with Gasteiger partial charge in [-0.2, -0.15) is 0 Å². The molecule has 2 aromatic rings. The number of anilines is 1. The van der Waals surface area contributed by atoms with Crippen LogP contribution in [0.3, 0.4) is 0 Å². The molecule has 1 atom stereocenters. The van der Waals surface area contributed by atoms with E-state index in [0.717, 1.165) is 22.8 Å². The van der Waals surface area contributed by atoms with Crippen LogP contribution in [0.4, 0.5) is 5.82 Å². The van der Waals surface area contributed by atoms with E-state index in [1.807, 2.05) is 43.8 Å². The van der Waals surface area contributed by atoms with Gasteiger partial charge in [0.15, 0.2) is 0 Å². The van der Waals surface area contributed by atoms with Gasteiger partial charge in [-0.1, -0.05) is 6.07 Å². The van der Waals surface area contributed by atoms with Gasteiger partial charge < -0.3 is 14.7 Å². The first-order valence-corrected chi connectivity index (χ1v) is 10.1. The molecule has 0 aliphatic carbocycles. The van der Waals surface area contributed by atoms with Crippen molar-refractivity contribution in [2.45, 2.75) is 52.6 Å². The molecule has 3 heterocycles. The summed E-state index contributed by atoms with van der Waals surface area (Å²) in [6.45, 7) is 10.1. The Hall–Kier alpha value is -2.65. The minimum absolute atomic E-state index is 0.109. The van der Waals surface area contributed by atoms with Crippen LogP contribution in [0.15, 0.2) is 41.7 Å². The fourth-order valence-electron chi connectivity index (χ4n) is 3.02. The van der Waals surface area contributed by atoms with Gasteiger partial charge in [0.2, 0.25) is 5.79 Å². The summed E-state index contributed by atoms with van der Waals surface area (Å²) < 4.78 is 9.15. The smallest absolute Gasteiger partial charge is 0.290 e. The number of ether oxygens (including phenoxy) is 1. The van der Waals surface area contributed by atoms with Crippen LogP contribution in [-0.4, -0.2) is 39.2 Å². The summed E-state index contributed by atoms with van der Waals surface area (Å²) in [4.78, 5) is 24.6. The molecule has 3 rings (SSSR count). The fourth-order valence-corrected chi connectivity index (χ4v) is 3.70. The third-order valence-corrected chi connectivity index (χ3v) is 4.65. The number of hydrogen-bond donors (Lipinski definition) is 2. The van der Waals surface area contributed by atoms with E-state index in [2.05, 4.69) is 46.4 Å². The summed E-state index contributed by atoms with van der Waals surface area (Å²) in [6, 6.07) is 8.06. The van der Waals surface area contributed by atoms with Crippen LogP contribution in [0.25, 0.3) is 0 Å². The molecular weight excluding hydrogens is 390 g/mol. The molecule has 29 heavy (non-hydrogen) atoms. The van der Waals surface area contributed by atoms with Crippen molar-refractivity contribution in [2.75, 3.05) is 4.90 Å². The highest BCUT2D eigenvalue weighted by molar-refractivity contribution is 8.10. The zero-order valence-electron chi connectivity index (χ0n) is 17.2. The average Bonchev–Trinajstić information content (AvgIpc) is 3.14. The second-order valence-corrected chi connectivity index (χ2v) is 7.54. The lowest BCUT2D eigenvalue weighted by Crippen LogP contribution is -2.55. The zero-order valence-corrected chi connectivity index (χ0v) is 18.1. The second kappa shape index (κ2) is 10.2. The number of carbonyl (C=O) groups is 1. The topological polar surface area (TPSA) is 99.9 Å². The Morgan fingerprint density at radius 3 is 2.45 bits per heavy atom. The van der Waals surface area contributed by atoms with E-state index >= 15 is 0 Å². The first-order chi connectivity index (χ1) is 13.9. The average molecular weight is 418 g/mol. The van der Waals surface area contributed by atoms with E-state index in [0.29, 0.717) is 0 Å². The number of pyridine rings is 2. The minimum Gasteiger partial charge on any atom is -0.489 e. The quantitative estimate of drug-likeness (QED) is 0.543. The Morgan fingerprint density at radius 1 is 1.24 bits per heavy atom. The highest BCUT2D eigenvalue weighted by Crippen LogP contribution is 2.38. The van der Waals surface area contributed by atoms with E-state index < -0.39 is 5.79 Å². The predicted molar refractivity (Wildman–Crippen MR) is 116 cm³/mol. The van der Waals surface area contributed by atoms with E-state index in [1.54, 1.807) is 6.20 Å². The van der Waals surface area contributed by atoms with Crippen LogP contribution in [0, 0.1) is 6.92 Å². The summed E-state index contributed by atoms with van der Waals surface area (Å²) in [5.74, 6) is 0.825. The van der Waals surface area contributed by atoms with Crippen molar-refractivity contribution < 1.29 is 14.6 Å². The zero-order chi connectivity index (χ0) is 21.4. The van der Waals surface area contributed by atoms with Gasteiger partial charge in [0.25, 0.3) is 6.47 Å². The molecule has 8 nitrogen and oxygen atoms in total. The molecule has 0 amide bonds. The standard InChI is InChI=1S/C19H25N5OS.CH2O2/c1-13(2)24(18-15(5)7-6-10-20-18)19(22-12-26-23-19)17-9-8-16(11-21-17)25-14(3)4;2-1-3/h6-14,23H,1-5H3;1H,(H,2,3). The van der Waals surface area contributed by atoms with Crippen LogP contribution < -0.4 is 14.4 Å². The Balaban J connectivity index is 0.000000941. The van der Waals surface area contributed by atoms with Crippen molar-refractivity contribution in [3.63, 3.8) is 0 Å². The number of aromatic nitrogens is 2. The van der Waals surface area contributed by atoms with Crippen LogP contribution in [0.2, 0.25) is 0 Å². The molecule has 1 unspecified atom stereocenters. The normalized spacial score (nSPS) is 17.8. The molecule has 0 saturated carbocycles. The van der Waals surface area contributed by atoms with Crippen molar-refractivity contribution in [1.82, 2.24) is 14.7 Å². The number of hydrogen-bond acceptors (Lipinski definition) is 8. The SMILES string of the molecule is Cc1cccnc1N(C(C)C)C1(c2ccc(OC(C)C)cn2)N=CSN1.O=CO. The Bertz CT molecular complexity index is 829. The molecule has 0 bridgehead atoms. The van der Waals surface area contributed by atoms with Crippen molar-refractivity contribution in [1.29, 1.82) is 0 Å². The van der Waals surface area contributed by atoms with Crippen molar-refractivity contribution in [3.05, 3.63) is 47.9 Å². The molecule has 2 aromatic heterocycles. The van der Waals surface area contributed by atoms with Crippen molar-refractivity contribution >= 4 is 29.8 Å². The fraction of sp³-hybridized carbons (Fsp3) is 0.400. The third-order valence-electron chi connectivity index (χ3n) is 4.03. The summed E-state index contributed by atoms with van der Waals surface area (Å²) in [6.07, 6.45) is 3.67. The van der Waals surface area contributed by atoms with Gasteiger partial charge in [-0.3, -0.25) is 9.78 Å². The van der Waals surface area contributed by atoms with Gasteiger partial charge in [-0.25, -0.2) is 14.7 Å². The van der Waals surface area contributed by atoms with Crippen molar-refractivity contribution in [2.24, 2.45) is 4.99 Å². The van der Waals surface area contributed by atoms with Gasteiger partial charge in [-0.05, 0) is 70.3 Å². The van der Waals surface area contributed by atoms with Gasteiger partial charge in [0.1, 0.15) is 17.3 Å². The molecule has 2 N–H and O–H groups in total. The lowest BCUT2D eigenvalue weighted by Gasteiger charge is -2.42. The number of aliphatic imine (C=N–C) groups is 1. The Labute approximate surface area is 175 Å². The minimum atomic E-state index is -0.811. The van der Waals surface area contributed by atoms with Crippen molar-refractivity contribution in [3.8, 4) is 5.75 Å². The molecule has 9 heteroatoms. The van der Waals surface area contributed by atoms with Gasteiger partial charge in [0, 0.05) is 12.2 Å². The number of rotatable bonds is 6. The highest BCUT2D eigenvalue weighted by Gasteiger charge is 2.44. The molecule has 0 spiro atoms. The van der Waals surface area contributed by atoms with Crippen LogP contribution in [0.5, 0.6) is 5.75 Å². The summed E-state index contributed by atoms with van der Waals surface area (Å²) in [7, 11) is 0. The predicted octanol–water partition coefficient (Wildman–Crippen LogP) is 3.58. The van der Waals surface area contributed by atoms with E-state index in [-0.39, 0.29) is 18.6 Å². The van der Waals surface area contributed by atoms with Gasteiger partial charge in [-0.15, -0.1) is 0 Å². The lowest BCUT2D eigenvalue weighted by atomic mass is 10.1. The third kappa shape index (κ3) is 5.24. The van der Waals surface area contributed by atoms with Crippen LogP contribution >= 0.6 is 11.9 Å². The van der Waals surface area contributed by atoms with Crippen LogP contribution in [0.1, 0.15) is 39.0 Å². The van der Waals surface area contributed by atoms with E-state index in [4.69, 9.17) is 19.6 Å². The highest BCUT2D eigenvalue weighted by atomic mass is 32.2. The first-order valence-electron chi connectivity index (χ1n) is 9.24. The maximum absolute atomic E-state index is 8.36. The molecule has 0 radical (unpaired) electrons. The van der Waals surface area contributed by atoms with Gasteiger partial charge in [0.05, 0.1) is 17.8 Å². The lowest BCUT2D eigenvalue weighted by molar-refractivity contribution is -0.122. The number of carboxylic acid groups (broad SMARTS) is 1. The summed E-state index contributed by atoms with van der Waals surface area (Å²) in [5.41, 5.74) is 3.70. The molecule has 156 valence electrons. The monoisotopic (exact) mass is 417 g/mol. The largest absolute Gasteiger partial charge is 0.489 e. The molecule has 0 aromatic carbocycles. The molecule has 1 aliphatic heterocycles. The first kappa shape index (κ1) is 22.6. The van der Waals surface area contributed by atoms with Gasteiger partial charge >= 0.3 is 0 Å². The van der Waals surface area contributed by atoms with E-state index in [1.165, 1.54) is 11.9 Å². The number of nitrogens with zero attached hydrogens (tertiary/aromatic N) is 4. The molecule has 0 fully saturated rings. The maximum Gasteiger partial charge on any atom is 0.290 e. The molecular formula is C20H27N5O3S. The van der Waals surface area contributed by atoms with E-state index in [9.17, 15) is 0 Å². The number of aryl methyl sites for hydroxylation is 1. The molecule has 0 saturated heterocycles. The maximum atomic E-state index is 8.36.